The van der Waals surface area contributed by atoms with Crippen molar-refractivity contribution in [2.24, 2.45) is 16.7 Å². The molecular weight excluding hydrogens is 420 g/mol. The lowest BCUT2D eigenvalue weighted by Gasteiger charge is -2.52. The molecule has 3 fully saturated rings. The van der Waals surface area contributed by atoms with Crippen LogP contribution < -0.4 is 0 Å². The van der Waals surface area contributed by atoms with Gasteiger partial charge >= 0.3 is 5.97 Å². The van der Waals surface area contributed by atoms with Gasteiger partial charge in [-0.2, -0.15) is 0 Å². The smallest absolute Gasteiger partial charge is 0.303 e. The Morgan fingerprint density at radius 1 is 1.22 bits per heavy atom. The predicted molar refractivity (Wildman–Crippen MR) is 110 cm³/mol. The molecule has 4 rings (SSSR count). The Morgan fingerprint density at radius 2 is 1.84 bits per heavy atom. The van der Waals surface area contributed by atoms with Crippen molar-refractivity contribution in [2.75, 3.05) is 6.61 Å². The van der Waals surface area contributed by atoms with E-state index in [1.165, 1.54) is 0 Å². The molecule has 3 aliphatic carbocycles. The Hall–Kier alpha value is -1.36. The fourth-order valence-electron chi connectivity index (χ4n) is 6.39. The third-order valence-electron chi connectivity index (χ3n) is 8.09. The Labute approximate surface area is 187 Å². The molecule has 0 radical (unpaired) electrons. The zero-order chi connectivity index (χ0) is 23.9. The molecule has 1 saturated heterocycles. The first-order valence-corrected chi connectivity index (χ1v) is 11.2. The summed E-state index contributed by atoms with van der Waals surface area (Å²) >= 11 is 0. The van der Waals surface area contributed by atoms with Gasteiger partial charge in [-0.05, 0) is 33.1 Å². The van der Waals surface area contributed by atoms with E-state index in [4.69, 9.17) is 14.2 Å². The predicted octanol–water partition coefficient (Wildman–Crippen LogP) is 0.219. The van der Waals surface area contributed by atoms with Crippen molar-refractivity contribution in [3.05, 3.63) is 11.6 Å². The van der Waals surface area contributed by atoms with Gasteiger partial charge in [0, 0.05) is 17.8 Å². The molecule has 1 heterocycles. The van der Waals surface area contributed by atoms with Gasteiger partial charge in [0.05, 0.1) is 18.1 Å². The minimum Gasteiger partial charge on any atom is -0.454 e. The normalized spacial score (nSPS) is 46.5. The van der Waals surface area contributed by atoms with Crippen LogP contribution >= 0.6 is 0 Å². The first kappa shape index (κ1) is 23.8. The monoisotopic (exact) mass is 454 g/mol. The number of aliphatic hydroxyl groups is 4. The van der Waals surface area contributed by atoms with Crippen LogP contribution in [0, 0.1) is 16.7 Å². The van der Waals surface area contributed by atoms with Crippen molar-refractivity contribution in [3.8, 4) is 0 Å². The van der Waals surface area contributed by atoms with E-state index in [0.717, 1.165) is 25.3 Å². The highest BCUT2D eigenvalue weighted by atomic mass is 16.7. The summed E-state index contributed by atoms with van der Waals surface area (Å²) in [5, 5.41) is 42.2. The van der Waals surface area contributed by atoms with E-state index in [-0.39, 0.29) is 12.2 Å². The van der Waals surface area contributed by atoms with Gasteiger partial charge in [-0.3, -0.25) is 9.59 Å². The first-order valence-electron chi connectivity index (χ1n) is 11.2. The van der Waals surface area contributed by atoms with Crippen LogP contribution in [0.3, 0.4) is 0 Å². The molecule has 4 aliphatic rings. The second-order valence-electron chi connectivity index (χ2n) is 10.8. The lowest BCUT2D eigenvalue weighted by molar-refractivity contribution is -0.331. The number of Topliss-reactive ketones (excluding diaryl/α,β-unsaturated/α-hetero) is 1. The second-order valence-corrected chi connectivity index (χ2v) is 10.8. The van der Waals surface area contributed by atoms with Crippen LogP contribution in [0.25, 0.3) is 0 Å². The van der Waals surface area contributed by atoms with Crippen LogP contribution in [0.4, 0.5) is 0 Å². The number of fused-ring (bicyclic) bond motifs is 1. The Morgan fingerprint density at radius 3 is 2.38 bits per heavy atom. The number of aliphatic hydroxyl groups excluding tert-OH is 3. The third-order valence-corrected chi connectivity index (χ3v) is 8.09. The maximum absolute atomic E-state index is 13.5. The van der Waals surface area contributed by atoms with E-state index in [9.17, 15) is 30.0 Å². The minimum atomic E-state index is -1.57. The topological polar surface area (TPSA) is 143 Å². The standard InChI is InChI=1S/C23H34O9/c1-11-8-23(10-20(3,4)18(28)17(23)21(5,29)22(11)6-7-22)32-19-16(30-12(2)25)15(27)14(26)13(9-24)31-19/h8,13-17,19,24,26-27,29H,6-7,9-10H2,1-5H3/t13-,14-,15+,16+,17+,19+,21-,23-/m1/s1. The van der Waals surface area contributed by atoms with Crippen LogP contribution in [0.5, 0.6) is 0 Å². The summed E-state index contributed by atoms with van der Waals surface area (Å²) in [7, 11) is 0. The average Bonchev–Trinajstić information content (AvgIpc) is 3.45. The van der Waals surface area contributed by atoms with E-state index >= 15 is 0 Å². The lowest BCUT2D eigenvalue weighted by atomic mass is 9.61. The molecule has 0 aromatic carbocycles. The van der Waals surface area contributed by atoms with Gasteiger partial charge in [-0.15, -0.1) is 0 Å². The largest absolute Gasteiger partial charge is 0.454 e. The summed E-state index contributed by atoms with van der Waals surface area (Å²) in [5.74, 6) is -1.73. The molecule has 9 nitrogen and oxygen atoms in total. The number of carbonyl (C=O) groups excluding carboxylic acids is 2. The maximum Gasteiger partial charge on any atom is 0.303 e. The molecule has 8 atom stereocenters. The van der Waals surface area contributed by atoms with Gasteiger partial charge in [0.25, 0.3) is 0 Å². The van der Waals surface area contributed by atoms with Gasteiger partial charge in [-0.25, -0.2) is 0 Å². The van der Waals surface area contributed by atoms with Crippen LogP contribution in [-0.4, -0.2) is 80.7 Å². The molecule has 0 bridgehead atoms. The summed E-state index contributed by atoms with van der Waals surface area (Å²) in [6.45, 7) is 7.76. The first-order chi connectivity index (χ1) is 14.7. The van der Waals surface area contributed by atoms with Gasteiger partial charge in [-0.1, -0.05) is 25.5 Å². The molecular formula is C23H34O9. The van der Waals surface area contributed by atoms with Gasteiger partial charge in [0.15, 0.2) is 12.4 Å². The number of ketones is 1. The van der Waals surface area contributed by atoms with Crippen molar-refractivity contribution >= 4 is 11.8 Å². The van der Waals surface area contributed by atoms with Crippen molar-refractivity contribution < 1.29 is 44.2 Å². The zero-order valence-electron chi connectivity index (χ0n) is 19.2. The SMILES string of the molecule is CC(=O)O[C@@H]1[C@H](O[C@@]23C=C(C)C4(CC4)[C@](C)(O)[C@@H]2C(=O)C(C)(C)C3)O[C@H](CO)[C@@H](O)[C@@H]1O. The van der Waals surface area contributed by atoms with E-state index in [1.54, 1.807) is 20.8 Å². The Bertz CT molecular complexity index is 842. The van der Waals surface area contributed by atoms with Gasteiger partial charge in [0.2, 0.25) is 0 Å². The molecule has 0 amide bonds. The fraction of sp³-hybridized carbons (Fsp3) is 0.826. The number of esters is 1. The highest BCUT2D eigenvalue weighted by Gasteiger charge is 2.74. The van der Waals surface area contributed by atoms with E-state index in [0.29, 0.717) is 0 Å². The van der Waals surface area contributed by atoms with Crippen molar-refractivity contribution in [2.45, 2.75) is 95.8 Å². The number of rotatable bonds is 4. The third kappa shape index (κ3) is 3.20. The fourth-order valence-corrected chi connectivity index (χ4v) is 6.39. The summed E-state index contributed by atoms with van der Waals surface area (Å²) < 4.78 is 17.4. The van der Waals surface area contributed by atoms with Crippen molar-refractivity contribution in [3.63, 3.8) is 0 Å². The quantitative estimate of drug-likeness (QED) is 0.346. The maximum atomic E-state index is 13.5. The molecule has 0 aromatic rings. The Kier molecular flexibility index (Phi) is 5.44. The molecule has 1 spiro atoms. The minimum absolute atomic E-state index is 0.128. The van der Waals surface area contributed by atoms with E-state index in [1.807, 2.05) is 13.0 Å². The summed E-state index contributed by atoms with van der Waals surface area (Å²) in [5.41, 5.74) is -2.99. The van der Waals surface area contributed by atoms with E-state index < -0.39 is 71.2 Å². The second kappa shape index (κ2) is 7.32. The van der Waals surface area contributed by atoms with Gasteiger partial charge in [0.1, 0.15) is 29.7 Å². The van der Waals surface area contributed by atoms with Crippen LogP contribution in [0.1, 0.15) is 53.9 Å². The molecule has 32 heavy (non-hydrogen) atoms. The van der Waals surface area contributed by atoms with E-state index in [2.05, 4.69) is 0 Å². The summed E-state index contributed by atoms with van der Waals surface area (Å²) in [4.78, 5) is 25.2. The van der Waals surface area contributed by atoms with Crippen LogP contribution in [0.2, 0.25) is 0 Å². The zero-order valence-corrected chi connectivity index (χ0v) is 19.2. The molecule has 0 aromatic heterocycles. The number of ether oxygens (including phenoxy) is 3. The molecule has 9 heteroatoms. The van der Waals surface area contributed by atoms with Crippen LogP contribution in [-0.2, 0) is 23.8 Å². The lowest BCUT2D eigenvalue weighted by Crippen LogP contribution is -2.64. The highest BCUT2D eigenvalue weighted by Crippen LogP contribution is 2.69. The molecule has 180 valence electrons. The molecule has 0 unspecified atom stereocenters. The average molecular weight is 455 g/mol. The van der Waals surface area contributed by atoms with Crippen molar-refractivity contribution in [1.82, 2.24) is 0 Å². The number of carbonyl (C=O) groups is 2. The summed E-state index contributed by atoms with van der Waals surface area (Å²) in [6.07, 6.45) is -3.31. The number of hydrogen-bond acceptors (Lipinski definition) is 9. The molecule has 4 N–H and O–H groups in total. The highest BCUT2D eigenvalue weighted by molar-refractivity contribution is 5.92. The van der Waals surface area contributed by atoms with Crippen LogP contribution in [0.15, 0.2) is 11.6 Å². The summed E-state index contributed by atoms with van der Waals surface area (Å²) in [6, 6.07) is 0. The molecule has 2 saturated carbocycles. The molecule has 1 aliphatic heterocycles. The van der Waals surface area contributed by atoms with Gasteiger partial charge < -0.3 is 34.6 Å². The van der Waals surface area contributed by atoms with Crippen molar-refractivity contribution in [1.29, 1.82) is 0 Å². The Balaban J connectivity index is 1.78. The number of hydrogen-bond donors (Lipinski definition) is 4.